The molecule has 4 atom stereocenters. The zero-order valence-corrected chi connectivity index (χ0v) is 27.3. The Labute approximate surface area is 256 Å². The van der Waals surface area contributed by atoms with Crippen molar-refractivity contribution in [3.05, 3.63) is 71.3 Å². The summed E-state index contributed by atoms with van der Waals surface area (Å²) in [5.74, 6) is -1.84. The normalized spacial score (nSPS) is 14.5. The summed E-state index contributed by atoms with van der Waals surface area (Å²) in [6.45, 7) is 16.2. The van der Waals surface area contributed by atoms with Gasteiger partial charge in [-0.2, -0.15) is 0 Å². The van der Waals surface area contributed by atoms with E-state index in [1.807, 2.05) is 63.2 Å². The number of amides is 3. The van der Waals surface area contributed by atoms with Gasteiger partial charge in [0.1, 0.15) is 29.3 Å². The maximum absolute atomic E-state index is 14.1. The zero-order chi connectivity index (χ0) is 32.5. The van der Waals surface area contributed by atoms with Gasteiger partial charge in [-0.05, 0) is 65.5 Å². The number of carbonyl (C=O) groups is 4. The molecule has 4 unspecified atom stereocenters. The summed E-state index contributed by atoms with van der Waals surface area (Å²) >= 11 is 0. The fourth-order valence-corrected chi connectivity index (χ4v) is 4.43. The van der Waals surface area contributed by atoms with Gasteiger partial charge in [0.05, 0.1) is 0 Å². The summed E-state index contributed by atoms with van der Waals surface area (Å²) in [6, 6.07) is 13.6. The first-order chi connectivity index (χ1) is 19.9. The monoisotopic (exact) mass is 595 g/mol. The second-order valence-corrected chi connectivity index (χ2v) is 13.1. The van der Waals surface area contributed by atoms with E-state index in [0.29, 0.717) is 12.0 Å². The lowest BCUT2D eigenvalue weighted by atomic mass is 9.95. The third-order valence-corrected chi connectivity index (χ3v) is 6.82. The van der Waals surface area contributed by atoms with Crippen molar-refractivity contribution in [2.24, 2.45) is 5.92 Å². The Morgan fingerprint density at radius 3 is 1.91 bits per heavy atom. The smallest absolute Gasteiger partial charge is 0.408 e. The molecule has 9 heteroatoms. The van der Waals surface area contributed by atoms with Gasteiger partial charge in [-0.3, -0.25) is 9.59 Å². The average molecular weight is 596 g/mol. The Hall–Kier alpha value is -3.88. The molecule has 43 heavy (non-hydrogen) atoms. The molecule has 0 aromatic heterocycles. The first-order valence-corrected chi connectivity index (χ1v) is 14.8. The number of nitrogens with zero attached hydrogens (tertiary/aromatic N) is 1. The lowest BCUT2D eigenvalue weighted by molar-refractivity contribution is -0.159. The number of rotatable bonds is 11. The molecule has 0 aliphatic heterocycles. The molecule has 2 aromatic rings. The van der Waals surface area contributed by atoms with Crippen LogP contribution in [0.25, 0.3) is 0 Å². The van der Waals surface area contributed by atoms with E-state index >= 15 is 0 Å². The van der Waals surface area contributed by atoms with Crippen molar-refractivity contribution in [1.29, 1.82) is 0 Å². The Morgan fingerprint density at radius 2 is 1.40 bits per heavy atom. The first-order valence-electron chi connectivity index (χ1n) is 14.8. The van der Waals surface area contributed by atoms with E-state index in [4.69, 9.17) is 9.47 Å². The minimum absolute atomic E-state index is 0.204. The Morgan fingerprint density at radius 1 is 0.837 bits per heavy atom. The maximum Gasteiger partial charge on any atom is 0.408 e. The van der Waals surface area contributed by atoms with E-state index in [-0.39, 0.29) is 12.3 Å². The minimum Gasteiger partial charge on any atom is -0.458 e. The van der Waals surface area contributed by atoms with Crippen molar-refractivity contribution >= 4 is 23.9 Å². The molecule has 0 bridgehead atoms. The number of benzene rings is 2. The Bertz CT molecular complexity index is 1230. The van der Waals surface area contributed by atoms with Crippen LogP contribution in [-0.4, -0.2) is 59.1 Å². The van der Waals surface area contributed by atoms with Crippen LogP contribution in [0.15, 0.2) is 54.6 Å². The maximum atomic E-state index is 14.1. The van der Waals surface area contributed by atoms with E-state index in [1.54, 1.807) is 53.7 Å². The average Bonchev–Trinajstić information content (AvgIpc) is 2.90. The molecule has 0 radical (unpaired) electrons. The molecule has 2 N–H and O–H groups in total. The van der Waals surface area contributed by atoms with Gasteiger partial charge in [-0.1, -0.05) is 80.4 Å². The van der Waals surface area contributed by atoms with Crippen LogP contribution in [0.2, 0.25) is 0 Å². The van der Waals surface area contributed by atoms with Crippen LogP contribution in [0.1, 0.15) is 84.5 Å². The molecule has 3 amide bonds. The molecule has 0 aliphatic carbocycles. The van der Waals surface area contributed by atoms with Crippen LogP contribution in [0.4, 0.5) is 4.79 Å². The summed E-state index contributed by atoms with van der Waals surface area (Å²) in [6.07, 6.45) is 0.0815. The lowest BCUT2D eigenvalue weighted by Gasteiger charge is -2.34. The van der Waals surface area contributed by atoms with E-state index in [1.165, 1.54) is 11.9 Å². The largest absolute Gasteiger partial charge is 0.458 e. The molecule has 0 saturated heterocycles. The highest BCUT2D eigenvalue weighted by atomic mass is 16.6. The quantitative estimate of drug-likeness (QED) is 0.332. The number of carbonyl (C=O) groups excluding carboxylic acids is 4. The van der Waals surface area contributed by atoms with Crippen LogP contribution in [-0.2, 0) is 30.3 Å². The number of alkyl carbamates (subject to hydrolysis) is 1. The SMILES string of the molecule is CCC(C)C(NC(=O)OC(C)(C)C)C(=O)N(C)C(C(=O)NC(Cc1ccccc1)C(=O)OC(C)(C)C)c1ccc(C)cc1. The van der Waals surface area contributed by atoms with Gasteiger partial charge in [0.15, 0.2) is 0 Å². The molecule has 9 nitrogen and oxygen atoms in total. The standard InChI is InChI=1S/C34H49N3O6/c1-11-23(3)27(36-32(41)43-34(7,8)9)30(39)37(10)28(25-19-17-22(2)18-20-25)29(38)35-26(31(40)42-33(4,5)6)21-24-15-13-12-14-16-24/h12-20,23,26-28H,11,21H2,1-10H3,(H,35,38)(H,36,41). The predicted molar refractivity (Wildman–Crippen MR) is 167 cm³/mol. The van der Waals surface area contributed by atoms with Gasteiger partial charge in [0.25, 0.3) is 0 Å². The van der Waals surface area contributed by atoms with Crippen molar-refractivity contribution in [2.45, 2.75) is 104 Å². The van der Waals surface area contributed by atoms with E-state index < -0.39 is 53.2 Å². The molecule has 0 fully saturated rings. The van der Waals surface area contributed by atoms with Gasteiger partial charge in [-0.15, -0.1) is 0 Å². The van der Waals surface area contributed by atoms with Gasteiger partial charge in [0, 0.05) is 13.5 Å². The summed E-state index contributed by atoms with van der Waals surface area (Å²) in [4.78, 5) is 55.4. The van der Waals surface area contributed by atoms with Crippen molar-refractivity contribution in [2.75, 3.05) is 7.05 Å². The van der Waals surface area contributed by atoms with Gasteiger partial charge in [0.2, 0.25) is 11.8 Å². The molecule has 2 rings (SSSR count). The van der Waals surface area contributed by atoms with Crippen molar-refractivity contribution in [3.63, 3.8) is 0 Å². The summed E-state index contributed by atoms with van der Waals surface area (Å²) in [7, 11) is 1.53. The van der Waals surface area contributed by atoms with Crippen LogP contribution in [0.5, 0.6) is 0 Å². The molecule has 2 aromatic carbocycles. The van der Waals surface area contributed by atoms with Crippen molar-refractivity contribution in [1.82, 2.24) is 15.5 Å². The minimum atomic E-state index is -1.10. The van der Waals surface area contributed by atoms with E-state index in [2.05, 4.69) is 10.6 Å². The van der Waals surface area contributed by atoms with Crippen molar-refractivity contribution in [3.8, 4) is 0 Å². The van der Waals surface area contributed by atoms with Crippen LogP contribution in [0.3, 0.4) is 0 Å². The summed E-state index contributed by atoms with van der Waals surface area (Å²) in [5.41, 5.74) is 0.863. The van der Waals surface area contributed by atoms with Crippen LogP contribution >= 0.6 is 0 Å². The summed E-state index contributed by atoms with van der Waals surface area (Å²) in [5, 5.41) is 5.59. The zero-order valence-electron chi connectivity index (χ0n) is 27.3. The van der Waals surface area contributed by atoms with Crippen molar-refractivity contribution < 1.29 is 28.7 Å². The molecule has 0 aliphatic rings. The third kappa shape index (κ3) is 11.4. The number of esters is 1. The number of nitrogens with one attached hydrogen (secondary N) is 2. The lowest BCUT2D eigenvalue weighted by Crippen LogP contribution is -2.55. The van der Waals surface area contributed by atoms with Crippen LogP contribution in [0, 0.1) is 12.8 Å². The fraction of sp³-hybridized carbons (Fsp3) is 0.529. The molecular formula is C34H49N3O6. The fourth-order valence-electron chi connectivity index (χ4n) is 4.43. The van der Waals surface area contributed by atoms with E-state index in [9.17, 15) is 19.2 Å². The Balaban J connectivity index is 2.47. The number of hydrogen-bond acceptors (Lipinski definition) is 6. The molecule has 0 heterocycles. The number of ether oxygens (including phenoxy) is 2. The topological polar surface area (TPSA) is 114 Å². The Kier molecular flexibility index (Phi) is 12.3. The third-order valence-electron chi connectivity index (χ3n) is 6.82. The van der Waals surface area contributed by atoms with Gasteiger partial charge >= 0.3 is 12.1 Å². The highest BCUT2D eigenvalue weighted by molar-refractivity contribution is 5.94. The number of aryl methyl sites for hydroxylation is 1. The number of hydrogen-bond donors (Lipinski definition) is 2. The molecule has 0 saturated carbocycles. The van der Waals surface area contributed by atoms with E-state index in [0.717, 1.165) is 11.1 Å². The van der Waals surface area contributed by atoms with Crippen LogP contribution < -0.4 is 10.6 Å². The second kappa shape index (κ2) is 15.0. The second-order valence-electron chi connectivity index (χ2n) is 13.1. The highest BCUT2D eigenvalue weighted by Crippen LogP contribution is 2.24. The first kappa shape index (κ1) is 35.3. The summed E-state index contributed by atoms with van der Waals surface area (Å²) < 4.78 is 11.1. The predicted octanol–water partition coefficient (Wildman–Crippen LogP) is 5.50. The van der Waals surface area contributed by atoms with Gasteiger partial charge < -0.3 is 25.0 Å². The molecular weight excluding hydrogens is 546 g/mol. The number of likely N-dealkylation sites (N-methyl/N-ethyl adjacent to an activating group) is 1. The molecule has 236 valence electrons. The highest BCUT2D eigenvalue weighted by Gasteiger charge is 2.38. The molecule has 0 spiro atoms. The van der Waals surface area contributed by atoms with Gasteiger partial charge in [-0.25, -0.2) is 9.59 Å².